The van der Waals surface area contributed by atoms with Gasteiger partial charge in [-0.25, -0.2) is 8.42 Å². The van der Waals surface area contributed by atoms with Gasteiger partial charge in [0, 0.05) is 30.6 Å². The zero-order valence-corrected chi connectivity index (χ0v) is 18.0. The number of nitrogens with zero attached hydrogens (tertiary/aromatic N) is 1. The lowest BCUT2D eigenvalue weighted by molar-refractivity contribution is -0.116. The van der Waals surface area contributed by atoms with Crippen molar-refractivity contribution in [1.82, 2.24) is 9.62 Å². The Bertz CT molecular complexity index is 887. The molecule has 2 rings (SSSR count). The van der Waals surface area contributed by atoms with Crippen molar-refractivity contribution < 1.29 is 13.2 Å². The molecule has 0 saturated carbocycles. The summed E-state index contributed by atoms with van der Waals surface area (Å²) < 4.78 is 27.2. The molecule has 0 spiro atoms. The van der Waals surface area contributed by atoms with E-state index in [1.165, 1.54) is 10.4 Å². The van der Waals surface area contributed by atoms with Gasteiger partial charge in [-0.2, -0.15) is 4.31 Å². The van der Waals surface area contributed by atoms with Crippen LogP contribution in [0.2, 0.25) is 0 Å². The van der Waals surface area contributed by atoms with Crippen molar-refractivity contribution in [3.05, 3.63) is 56.7 Å². The highest BCUT2D eigenvalue weighted by Crippen LogP contribution is 2.23. The van der Waals surface area contributed by atoms with E-state index in [9.17, 15) is 13.2 Å². The van der Waals surface area contributed by atoms with Crippen molar-refractivity contribution in [2.24, 2.45) is 0 Å². The highest BCUT2D eigenvalue weighted by Gasteiger charge is 2.22. The summed E-state index contributed by atoms with van der Waals surface area (Å²) in [6.45, 7) is 3.98. The zero-order chi connectivity index (χ0) is 19.3. The first-order chi connectivity index (χ1) is 12.2. The summed E-state index contributed by atoms with van der Waals surface area (Å²) in [7, 11) is -1.93. The molecule has 0 atom stereocenters. The first kappa shape index (κ1) is 20.8. The smallest absolute Gasteiger partial charge is 0.244 e. The number of hydrogen-bond acceptors (Lipinski definition) is 4. The van der Waals surface area contributed by atoms with E-state index >= 15 is 0 Å². The van der Waals surface area contributed by atoms with Crippen LogP contribution in [0.4, 0.5) is 0 Å². The van der Waals surface area contributed by atoms with Crippen molar-refractivity contribution in [2.45, 2.75) is 31.3 Å². The Hall–Kier alpha value is -1.48. The van der Waals surface area contributed by atoms with Crippen molar-refractivity contribution in [3.63, 3.8) is 0 Å². The van der Waals surface area contributed by atoms with Crippen LogP contribution in [0.15, 0.2) is 51.2 Å². The number of carbonyl (C=O) groups is 1. The number of amides is 1. The Morgan fingerprint density at radius 1 is 1.23 bits per heavy atom. The average Bonchev–Trinajstić information content (AvgIpc) is 3.03. The predicted octanol–water partition coefficient (Wildman–Crippen LogP) is 3.87. The van der Waals surface area contributed by atoms with Crippen molar-refractivity contribution in [3.8, 4) is 0 Å². The SMILES string of the molecule is CC(C)N(C)S(=O)(=O)c1ccc(CNC(=O)/C=C/c2ccc(Br)s2)cc1. The molecule has 1 aromatic heterocycles. The third-order valence-electron chi connectivity index (χ3n) is 3.79. The number of rotatable bonds is 7. The molecular formula is C18H21BrN2O3S2. The number of sulfonamides is 1. The summed E-state index contributed by atoms with van der Waals surface area (Å²) in [6, 6.07) is 10.3. The number of thiophene rings is 1. The zero-order valence-electron chi connectivity index (χ0n) is 14.8. The molecule has 5 nitrogen and oxygen atoms in total. The highest BCUT2D eigenvalue weighted by molar-refractivity contribution is 9.11. The second-order valence-electron chi connectivity index (χ2n) is 5.95. The predicted molar refractivity (Wildman–Crippen MR) is 109 cm³/mol. The van der Waals surface area contributed by atoms with E-state index in [-0.39, 0.29) is 16.8 Å². The molecule has 0 saturated heterocycles. The van der Waals surface area contributed by atoms with Crippen LogP contribution in [0.1, 0.15) is 24.3 Å². The minimum Gasteiger partial charge on any atom is -0.348 e. The summed E-state index contributed by atoms with van der Waals surface area (Å²) >= 11 is 4.92. The Balaban J connectivity index is 1.95. The fourth-order valence-electron chi connectivity index (χ4n) is 2.05. The van der Waals surface area contributed by atoms with Gasteiger partial charge in [0.25, 0.3) is 0 Å². The molecule has 0 aliphatic heterocycles. The maximum Gasteiger partial charge on any atom is 0.244 e. The molecule has 0 fully saturated rings. The van der Waals surface area contributed by atoms with E-state index in [4.69, 9.17) is 0 Å². The Morgan fingerprint density at radius 3 is 2.42 bits per heavy atom. The van der Waals surface area contributed by atoms with Crippen molar-refractivity contribution in [1.29, 1.82) is 0 Å². The lowest BCUT2D eigenvalue weighted by Crippen LogP contribution is -2.33. The largest absolute Gasteiger partial charge is 0.348 e. The van der Waals surface area contributed by atoms with Gasteiger partial charge >= 0.3 is 0 Å². The number of halogens is 1. The third kappa shape index (κ3) is 5.51. The molecule has 1 amide bonds. The third-order valence-corrected chi connectivity index (χ3v) is 7.42. The molecule has 2 aromatic rings. The van der Waals surface area contributed by atoms with E-state index in [0.29, 0.717) is 6.54 Å². The molecule has 0 aliphatic carbocycles. The lowest BCUT2D eigenvalue weighted by atomic mass is 10.2. The van der Waals surface area contributed by atoms with E-state index in [1.807, 2.05) is 26.0 Å². The summed E-state index contributed by atoms with van der Waals surface area (Å²) in [5.41, 5.74) is 0.830. The van der Waals surface area contributed by atoms with Gasteiger partial charge in [0.05, 0.1) is 8.68 Å². The Kier molecular flexibility index (Phi) is 7.16. The maximum atomic E-state index is 12.4. The van der Waals surface area contributed by atoms with E-state index in [1.54, 1.807) is 48.7 Å². The van der Waals surface area contributed by atoms with Gasteiger partial charge < -0.3 is 5.32 Å². The van der Waals surface area contributed by atoms with Crippen LogP contribution in [0.5, 0.6) is 0 Å². The molecule has 0 unspecified atom stereocenters. The summed E-state index contributed by atoms with van der Waals surface area (Å²) in [5, 5.41) is 2.78. The van der Waals surface area contributed by atoms with Gasteiger partial charge in [-0.1, -0.05) is 12.1 Å². The van der Waals surface area contributed by atoms with Crippen molar-refractivity contribution in [2.75, 3.05) is 7.05 Å². The Labute approximate surface area is 166 Å². The normalized spacial score (nSPS) is 12.2. The number of carbonyl (C=O) groups excluding carboxylic acids is 1. The average molecular weight is 457 g/mol. The van der Waals surface area contributed by atoms with Crippen LogP contribution < -0.4 is 5.32 Å². The molecular weight excluding hydrogens is 436 g/mol. The van der Waals surface area contributed by atoms with Crippen LogP contribution in [-0.2, 0) is 21.4 Å². The van der Waals surface area contributed by atoms with Gasteiger partial charge in [0.1, 0.15) is 0 Å². The van der Waals surface area contributed by atoms with Crippen LogP contribution in [0.25, 0.3) is 6.08 Å². The second kappa shape index (κ2) is 8.94. The van der Waals surface area contributed by atoms with Crippen LogP contribution in [0, 0.1) is 0 Å². The molecule has 1 heterocycles. The summed E-state index contributed by atoms with van der Waals surface area (Å²) in [6.07, 6.45) is 3.23. The molecule has 26 heavy (non-hydrogen) atoms. The highest BCUT2D eigenvalue weighted by atomic mass is 79.9. The lowest BCUT2D eigenvalue weighted by Gasteiger charge is -2.21. The van der Waals surface area contributed by atoms with Crippen LogP contribution in [-0.4, -0.2) is 31.7 Å². The first-order valence-electron chi connectivity index (χ1n) is 7.98. The molecule has 0 radical (unpaired) electrons. The second-order valence-corrected chi connectivity index (χ2v) is 10.4. The minimum atomic E-state index is -3.49. The van der Waals surface area contributed by atoms with E-state index < -0.39 is 10.0 Å². The van der Waals surface area contributed by atoms with Gasteiger partial charge in [-0.3, -0.25) is 4.79 Å². The number of hydrogen-bond donors (Lipinski definition) is 1. The first-order valence-corrected chi connectivity index (χ1v) is 11.0. The van der Waals surface area contributed by atoms with Crippen LogP contribution in [0.3, 0.4) is 0 Å². The van der Waals surface area contributed by atoms with Gasteiger partial charge in [0.15, 0.2) is 0 Å². The minimum absolute atomic E-state index is 0.116. The van der Waals surface area contributed by atoms with Gasteiger partial charge in [-0.05, 0) is 65.7 Å². The number of benzene rings is 1. The summed E-state index contributed by atoms with van der Waals surface area (Å²) in [5.74, 6) is -0.203. The molecule has 8 heteroatoms. The molecule has 1 aromatic carbocycles. The fourth-order valence-corrected chi connectivity index (χ4v) is 4.74. The monoisotopic (exact) mass is 456 g/mol. The van der Waals surface area contributed by atoms with Crippen LogP contribution >= 0.6 is 27.3 Å². The molecule has 1 N–H and O–H groups in total. The quantitative estimate of drug-likeness (QED) is 0.642. The molecule has 0 aliphatic rings. The Morgan fingerprint density at radius 2 is 1.88 bits per heavy atom. The molecule has 140 valence electrons. The van der Waals surface area contributed by atoms with Gasteiger partial charge in [-0.15, -0.1) is 11.3 Å². The van der Waals surface area contributed by atoms with E-state index in [2.05, 4.69) is 21.2 Å². The topological polar surface area (TPSA) is 66.5 Å². The fraction of sp³-hybridized carbons (Fsp3) is 0.278. The van der Waals surface area contributed by atoms with Crippen molar-refractivity contribution >= 4 is 49.3 Å². The standard InChI is InChI=1S/C18H21BrN2O3S2/c1-13(2)21(3)26(23,24)16-8-4-14(5-9-16)12-20-18(22)11-7-15-6-10-17(19)25-15/h4-11,13H,12H2,1-3H3,(H,20,22)/b11-7+. The molecule has 0 bridgehead atoms. The maximum absolute atomic E-state index is 12.4. The van der Waals surface area contributed by atoms with E-state index in [0.717, 1.165) is 14.2 Å². The van der Waals surface area contributed by atoms with Gasteiger partial charge in [0.2, 0.25) is 15.9 Å². The number of nitrogens with one attached hydrogen (secondary N) is 1. The summed E-state index contributed by atoms with van der Waals surface area (Å²) in [4.78, 5) is 13.1.